The molecule has 0 saturated heterocycles. The number of aryl methyl sites for hydroxylation is 3. The Morgan fingerprint density at radius 1 is 1.33 bits per heavy atom. The van der Waals surface area contributed by atoms with Gasteiger partial charge in [0.15, 0.2) is 0 Å². The summed E-state index contributed by atoms with van der Waals surface area (Å²) in [5.74, 6) is 0.987. The molecule has 2 heterocycles. The van der Waals surface area contributed by atoms with Crippen LogP contribution in [0.1, 0.15) is 28.9 Å². The molecule has 0 aliphatic heterocycles. The maximum Gasteiger partial charge on any atom is 0.133 e. The minimum atomic E-state index is 0.767. The Bertz CT molecular complexity index is 573. The van der Waals surface area contributed by atoms with Crippen molar-refractivity contribution in [3.8, 4) is 0 Å². The fraction of sp³-hybridized carbons (Fsp3) is 0.462. The van der Waals surface area contributed by atoms with Crippen LogP contribution in [0.5, 0.6) is 0 Å². The lowest BCUT2D eigenvalue weighted by molar-refractivity contribution is 0.756. The molecule has 94 valence electrons. The standard InChI is InChI=1S/C13H17N5/c1-9-10(7-18(2)17-9)6-14-13-11-4-3-5-12(11)15-8-16-13/h7-8H,3-6H2,1-2H3,(H,14,15,16). The molecule has 5 heteroatoms. The first-order chi connectivity index (χ1) is 8.74. The van der Waals surface area contributed by atoms with Gasteiger partial charge in [0, 0.05) is 36.6 Å². The predicted octanol–water partition coefficient (Wildman–Crippen LogP) is 1.62. The van der Waals surface area contributed by atoms with Gasteiger partial charge in [0.25, 0.3) is 0 Å². The molecule has 1 aliphatic rings. The van der Waals surface area contributed by atoms with E-state index in [1.807, 2.05) is 24.9 Å². The van der Waals surface area contributed by atoms with E-state index in [1.165, 1.54) is 23.2 Å². The third-order valence-corrected chi connectivity index (χ3v) is 3.44. The minimum Gasteiger partial charge on any atom is -0.366 e. The highest BCUT2D eigenvalue weighted by Crippen LogP contribution is 2.25. The summed E-state index contributed by atoms with van der Waals surface area (Å²) in [4.78, 5) is 8.68. The average molecular weight is 243 g/mol. The Labute approximate surface area is 106 Å². The van der Waals surface area contributed by atoms with Crippen LogP contribution in [0.4, 0.5) is 5.82 Å². The SMILES string of the molecule is Cc1nn(C)cc1CNc1ncnc2c1CCC2. The molecule has 3 rings (SSSR count). The highest BCUT2D eigenvalue weighted by molar-refractivity contribution is 5.48. The lowest BCUT2D eigenvalue weighted by atomic mass is 10.2. The topological polar surface area (TPSA) is 55.6 Å². The van der Waals surface area contributed by atoms with Gasteiger partial charge in [-0.05, 0) is 26.2 Å². The summed E-state index contributed by atoms with van der Waals surface area (Å²) in [5, 5.41) is 7.75. The van der Waals surface area contributed by atoms with Crippen molar-refractivity contribution in [2.75, 3.05) is 5.32 Å². The third-order valence-electron chi connectivity index (χ3n) is 3.44. The van der Waals surface area contributed by atoms with Crippen molar-refractivity contribution in [1.82, 2.24) is 19.7 Å². The molecule has 0 radical (unpaired) electrons. The van der Waals surface area contributed by atoms with E-state index in [1.54, 1.807) is 6.33 Å². The largest absolute Gasteiger partial charge is 0.366 e. The second-order valence-corrected chi connectivity index (χ2v) is 4.77. The Morgan fingerprint density at radius 2 is 2.22 bits per heavy atom. The Balaban J connectivity index is 1.78. The lowest BCUT2D eigenvalue weighted by Crippen LogP contribution is -2.05. The fourth-order valence-electron chi connectivity index (χ4n) is 2.51. The number of rotatable bonds is 3. The van der Waals surface area contributed by atoms with Crippen LogP contribution in [-0.2, 0) is 26.4 Å². The molecule has 0 fully saturated rings. The molecular weight excluding hydrogens is 226 g/mol. The number of hydrogen-bond acceptors (Lipinski definition) is 4. The van der Waals surface area contributed by atoms with Gasteiger partial charge in [-0.2, -0.15) is 5.10 Å². The highest BCUT2D eigenvalue weighted by atomic mass is 15.3. The van der Waals surface area contributed by atoms with Crippen LogP contribution in [0.25, 0.3) is 0 Å². The summed E-state index contributed by atoms with van der Waals surface area (Å²) in [6.07, 6.45) is 7.06. The van der Waals surface area contributed by atoms with E-state index < -0.39 is 0 Å². The second-order valence-electron chi connectivity index (χ2n) is 4.77. The first-order valence-electron chi connectivity index (χ1n) is 6.30. The molecule has 1 aliphatic carbocycles. The van der Waals surface area contributed by atoms with Crippen molar-refractivity contribution < 1.29 is 0 Å². The number of anilines is 1. The average Bonchev–Trinajstić information content (AvgIpc) is 2.93. The number of aromatic nitrogens is 4. The molecule has 2 aromatic heterocycles. The van der Waals surface area contributed by atoms with Crippen molar-refractivity contribution >= 4 is 5.82 Å². The van der Waals surface area contributed by atoms with E-state index in [9.17, 15) is 0 Å². The number of fused-ring (bicyclic) bond motifs is 1. The van der Waals surface area contributed by atoms with Crippen LogP contribution in [0.15, 0.2) is 12.5 Å². The lowest BCUT2D eigenvalue weighted by Gasteiger charge is -2.08. The Morgan fingerprint density at radius 3 is 3.00 bits per heavy atom. The molecule has 0 aromatic carbocycles. The first-order valence-corrected chi connectivity index (χ1v) is 6.30. The number of nitrogens with zero attached hydrogens (tertiary/aromatic N) is 4. The van der Waals surface area contributed by atoms with E-state index in [-0.39, 0.29) is 0 Å². The van der Waals surface area contributed by atoms with E-state index in [2.05, 4.69) is 20.4 Å². The van der Waals surface area contributed by atoms with Crippen LogP contribution < -0.4 is 5.32 Å². The van der Waals surface area contributed by atoms with Gasteiger partial charge in [0.2, 0.25) is 0 Å². The molecule has 0 unspecified atom stereocenters. The summed E-state index contributed by atoms with van der Waals surface area (Å²) >= 11 is 0. The summed E-state index contributed by atoms with van der Waals surface area (Å²) in [6, 6.07) is 0. The van der Waals surface area contributed by atoms with Crippen LogP contribution in [0.3, 0.4) is 0 Å². The molecule has 0 atom stereocenters. The highest BCUT2D eigenvalue weighted by Gasteiger charge is 2.16. The molecule has 1 N–H and O–H groups in total. The summed E-state index contributed by atoms with van der Waals surface area (Å²) < 4.78 is 1.84. The molecule has 0 amide bonds. The smallest absolute Gasteiger partial charge is 0.133 e. The van der Waals surface area contributed by atoms with Crippen molar-refractivity contribution in [3.63, 3.8) is 0 Å². The van der Waals surface area contributed by atoms with E-state index in [0.717, 1.165) is 30.9 Å². The number of hydrogen-bond donors (Lipinski definition) is 1. The Kier molecular flexibility index (Phi) is 2.74. The Hall–Kier alpha value is -1.91. The zero-order valence-corrected chi connectivity index (χ0v) is 10.8. The number of nitrogens with one attached hydrogen (secondary N) is 1. The second kappa shape index (κ2) is 4.40. The molecular formula is C13H17N5. The van der Waals surface area contributed by atoms with Crippen LogP contribution in [0, 0.1) is 6.92 Å². The zero-order chi connectivity index (χ0) is 12.5. The normalized spacial score (nSPS) is 13.7. The van der Waals surface area contributed by atoms with Gasteiger partial charge in [-0.25, -0.2) is 9.97 Å². The van der Waals surface area contributed by atoms with E-state index in [4.69, 9.17) is 0 Å². The van der Waals surface area contributed by atoms with Crippen molar-refractivity contribution in [1.29, 1.82) is 0 Å². The van der Waals surface area contributed by atoms with E-state index >= 15 is 0 Å². The van der Waals surface area contributed by atoms with Gasteiger partial charge in [-0.1, -0.05) is 0 Å². The van der Waals surface area contributed by atoms with Gasteiger partial charge in [0.05, 0.1) is 5.69 Å². The van der Waals surface area contributed by atoms with Crippen LogP contribution in [-0.4, -0.2) is 19.7 Å². The molecule has 0 saturated carbocycles. The minimum absolute atomic E-state index is 0.767. The molecule has 2 aromatic rings. The van der Waals surface area contributed by atoms with Gasteiger partial charge < -0.3 is 5.32 Å². The van der Waals surface area contributed by atoms with Crippen molar-refractivity contribution in [2.45, 2.75) is 32.7 Å². The van der Waals surface area contributed by atoms with Gasteiger partial charge in [-0.3, -0.25) is 4.68 Å². The molecule has 0 spiro atoms. The zero-order valence-electron chi connectivity index (χ0n) is 10.8. The van der Waals surface area contributed by atoms with Crippen LogP contribution >= 0.6 is 0 Å². The van der Waals surface area contributed by atoms with Crippen molar-refractivity contribution in [2.24, 2.45) is 7.05 Å². The molecule has 18 heavy (non-hydrogen) atoms. The predicted molar refractivity (Wildman–Crippen MR) is 69.3 cm³/mol. The summed E-state index contributed by atoms with van der Waals surface area (Å²) in [5.41, 5.74) is 4.77. The van der Waals surface area contributed by atoms with Crippen molar-refractivity contribution in [3.05, 3.63) is 35.0 Å². The summed E-state index contributed by atoms with van der Waals surface area (Å²) in [6.45, 7) is 2.80. The van der Waals surface area contributed by atoms with Gasteiger partial charge in [0.1, 0.15) is 12.1 Å². The maximum absolute atomic E-state index is 4.35. The monoisotopic (exact) mass is 243 g/mol. The maximum atomic E-state index is 4.35. The molecule has 5 nitrogen and oxygen atoms in total. The van der Waals surface area contributed by atoms with E-state index in [0.29, 0.717) is 0 Å². The quantitative estimate of drug-likeness (QED) is 0.890. The van der Waals surface area contributed by atoms with Gasteiger partial charge >= 0.3 is 0 Å². The van der Waals surface area contributed by atoms with Crippen LogP contribution in [0.2, 0.25) is 0 Å². The summed E-state index contributed by atoms with van der Waals surface area (Å²) in [7, 11) is 1.94. The first kappa shape index (κ1) is 11.2. The van der Waals surface area contributed by atoms with Gasteiger partial charge in [-0.15, -0.1) is 0 Å². The fourth-order valence-corrected chi connectivity index (χ4v) is 2.51. The third kappa shape index (κ3) is 1.96. The molecule has 0 bridgehead atoms.